The van der Waals surface area contributed by atoms with Gasteiger partial charge in [-0.05, 0) is 36.8 Å². The van der Waals surface area contributed by atoms with Crippen molar-refractivity contribution in [2.75, 3.05) is 30.5 Å². The van der Waals surface area contributed by atoms with Crippen molar-refractivity contribution in [3.63, 3.8) is 0 Å². The zero-order valence-corrected chi connectivity index (χ0v) is 22.3. The predicted molar refractivity (Wildman–Crippen MR) is 140 cm³/mol. The van der Waals surface area contributed by atoms with Crippen LogP contribution in [0.4, 0.5) is 10.2 Å². The van der Waals surface area contributed by atoms with Gasteiger partial charge in [0.2, 0.25) is 0 Å². The van der Waals surface area contributed by atoms with E-state index in [1.165, 1.54) is 29.6 Å². The highest BCUT2D eigenvalue weighted by Crippen LogP contribution is 2.44. The Kier molecular flexibility index (Phi) is 8.17. The van der Waals surface area contributed by atoms with Crippen LogP contribution in [0.25, 0.3) is 11.2 Å². The molecule has 2 heterocycles. The number of hydrogen-bond acceptors (Lipinski definition) is 11. The first kappa shape index (κ1) is 26.6. The molecule has 4 N–H and O–H groups in total. The smallest absolute Gasteiger partial charge is 0.191 e. The number of aliphatic hydroxyl groups excluding tert-OH is 3. The number of nitrogens with zero attached hydrogens (tertiary/aromatic N) is 5. The van der Waals surface area contributed by atoms with Crippen LogP contribution in [0.5, 0.6) is 0 Å². The third kappa shape index (κ3) is 5.43. The summed E-state index contributed by atoms with van der Waals surface area (Å²) in [4.78, 5) is 10.0. The molecular weight excluding hydrogens is 519 g/mol. The number of anilines is 1. The van der Waals surface area contributed by atoms with Crippen LogP contribution in [-0.4, -0.2) is 89.9 Å². The number of halogens is 1. The van der Waals surface area contributed by atoms with E-state index in [1.54, 1.807) is 4.68 Å². The number of thioether (sulfide) groups is 2. The van der Waals surface area contributed by atoms with Crippen LogP contribution in [0.3, 0.4) is 0 Å². The van der Waals surface area contributed by atoms with Crippen molar-refractivity contribution in [1.82, 2.24) is 25.0 Å². The molecule has 0 amide bonds. The number of nitrogens with one attached hydrogen (secondary N) is 1. The van der Waals surface area contributed by atoms with Crippen molar-refractivity contribution < 1.29 is 24.4 Å². The second kappa shape index (κ2) is 11.4. The van der Waals surface area contributed by atoms with Crippen LogP contribution in [0, 0.1) is 5.82 Å². The molecule has 3 aromatic rings. The summed E-state index contributed by atoms with van der Waals surface area (Å²) in [5, 5.41) is 43.0. The van der Waals surface area contributed by atoms with E-state index in [2.05, 4.69) is 22.6 Å². The number of ether oxygens (including phenoxy) is 1. The van der Waals surface area contributed by atoms with Gasteiger partial charge in [-0.15, -0.1) is 16.9 Å². The van der Waals surface area contributed by atoms with Crippen molar-refractivity contribution in [3.8, 4) is 0 Å². The SMILES string of the molecule is CCCSc1nc(N[C@@H]2C[C@H]2c2ccc(F)c(SC)c2)c2nnn([C@@H]3C[C@H](OCCO)[C@@H](O)[C@H]3O)c2n1. The number of aromatic nitrogens is 5. The summed E-state index contributed by atoms with van der Waals surface area (Å²) in [6.07, 6.45) is 1.14. The van der Waals surface area contributed by atoms with Crippen LogP contribution in [0.2, 0.25) is 0 Å². The van der Waals surface area contributed by atoms with Gasteiger partial charge in [0, 0.05) is 29.0 Å². The minimum absolute atomic E-state index is 0.0718. The van der Waals surface area contributed by atoms with Gasteiger partial charge in [-0.3, -0.25) is 0 Å². The van der Waals surface area contributed by atoms with Crippen LogP contribution >= 0.6 is 23.5 Å². The molecule has 0 unspecified atom stereocenters. The number of hydrogen-bond donors (Lipinski definition) is 4. The van der Waals surface area contributed by atoms with E-state index in [0.29, 0.717) is 33.5 Å². The van der Waals surface area contributed by atoms with Crippen molar-refractivity contribution in [3.05, 3.63) is 29.6 Å². The van der Waals surface area contributed by atoms with Crippen LogP contribution < -0.4 is 5.32 Å². The van der Waals surface area contributed by atoms with Gasteiger partial charge in [-0.1, -0.05) is 30.0 Å². The van der Waals surface area contributed by atoms with Gasteiger partial charge in [0.25, 0.3) is 0 Å². The zero-order chi connectivity index (χ0) is 26.1. The van der Waals surface area contributed by atoms with E-state index in [4.69, 9.17) is 19.8 Å². The Balaban J connectivity index is 1.42. The minimum atomic E-state index is -1.12. The predicted octanol–water partition coefficient (Wildman–Crippen LogP) is 2.60. The molecule has 0 spiro atoms. The maximum atomic E-state index is 14.0. The van der Waals surface area contributed by atoms with Crippen molar-refractivity contribution in [1.29, 1.82) is 0 Å². The lowest BCUT2D eigenvalue weighted by molar-refractivity contribution is -0.0629. The molecule has 2 saturated carbocycles. The molecule has 2 aliphatic carbocycles. The fraction of sp³-hybridized carbons (Fsp3) is 0.583. The van der Waals surface area contributed by atoms with E-state index in [1.807, 2.05) is 18.4 Å². The van der Waals surface area contributed by atoms with Gasteiger partial charge in [-0.25, -0.2) is 19.0 Å². The Hall–Kier alpha value is -2.03. The normalized spacial score (nSPS) is 27.2. The third-order valence-corrected chi connectivity index (χ3v) is 8.60. The number of rotatable bonds is 11. The van der Waals surface area contributed by atoms with Gasteiger partial charge in [0.1, 0.15) is 18.0 Å². The van der Waals surface area contributed by atoms with Crippen molar-refractivity contribution in [2.24, 2.45) is 0 Å². The van der Waals surface area contributed by atoms with Gasteiger partial charge in [0.15, 0.2) is 22.1 Å². The lowest BCUT2D eigenvalue weighted by atomic mass is 10.1. The fourth-order valence-corrected chi connectivity index (χ4v) is 5.99. The summed E-state index contributed by atoms with van der Waals surface area (Å²) in [6.45, 7) is 1.98. The van der Waals surface area contributed by atoms with E-state index in [0.717, 1.165) is 24.2 Å². The van der Waals surface area contributed by atoms with E-state index >= 15 is 0 Å². The number of aliphatic hydroxyl groups is 3. The molecule has 200 valence electrons. The highest BCUT2D eigenvalue weighted by Gasteiger charge is 2.45. The first-order valence-corrected chi connectivity index (χ1v) is 14.6. The number of fused-ring (bicyclic) bond motifs is 1. The Morgan fingerprint density at radius 1 is 1.22 bits per heavy atom. The first-order chi connectivity index (χ1) is 17.9. The molecule has 0 saturated heterocycles. The number of benzene rings is 1. The third-order valence-electron chi connectivity index (χ3n) is 6.79. The van der Waals surface area contributed by atoms with Crippen LogP contribution in [0.15, 0.2) is 28.3 Å². The maximum Gasteiger partial charge on any atom is 0.191 e. The average Bonchev–Trinajstić information content (AvgIpc) is 3.45. The summed E-state index contributed by atoms with van der Waals surface area (Å²) < 4.78 is 21.0. The monoisotopic (exact) mass is 550 g/mol. The van der Waals surface area contributed by atoms with E-state index in [9.17, 15) is 14.6 Å². The first-order valence-electron chi connectivity index (χ1n) is 12.4. The summed E-state index contributed by atoms with van der Waals surface area (Å²) in [5.41, 5.74) is 2.03. The highest BCUT2D eigenvalue weighted by atomic mass is 32.2. The molecule has 2 aromatic heterocycles. The van der Waals surface area contributed by atoms with Crippen molar-refractivity contribution >= 4 is 40.5 Å². The molecule has 10 nitrogen and oxygen atoms in total. The molecule has 2 fully saturated rings. The molecule has 0 aliphatic heterocycles. The fourth-order valence-electron chi connectivity index (χ4n) is 4.78. The second-order valence-corrected chi connectivity index (χ2v) is 11.2. The quantitative estimate of drug-likeness (QED) is 0.207. The van der Waals surface area contributed by atoms with Gasteiger partial charge < -0.3 is 25.4 Å². The molecule has 1 aromatic carbocycles. The van der Waals surface area contributed by atoms with Gasteiger partial charge in [-0.2, -0.15) is 0 Å². The molecule has 0 bridgehead atoms. The summed E-state index contributed by atoms with van der Waals surface area (Å²) >= 11 is 2.92. The Morgan fingerprint density at radius 3 is 2.81 bits per heavy atom. The standard InChI is InChI=1S/C24H31FN6O4S2/c1-3-8-37-24-27-22(26-15-10-13(15)12-4-5-14(25)18(9-12)36-2)19-23(28-24)31(30-29-19)16-11-17(35-7-6-32)21(34)20(16)33/h4-5,9,13,15-17,20-21,32-34H,3,6-8,10-11H2,1-2H3,(H,26,27,28)/t13-,15+,16+,17-,20-,21+/m0/s1. The molecule has 37 heavy (non-hydrogen) atoms. The molecule has 5 rings (SSSR count). The summed E-state index contributed by atoms with van der Waals surface area (Å²) in [7, 11) is 0. The summed E-state index contributed by atoms with van der Waals surface area (Å²) in [6, 6.07) is 4.78. The summed E-state index contributed by atoms with van der Waals surface area (Å²) in [5.74, 6) is 1.43. The van der Waals surface area contributed by atoms with Crippen molar-refractivity contribution in [2.45, 2.75) is 72.6 Å². The zero-order valence-electron chi connectivity index (χ0n) is 20.6. The van der Waals surface area contributed by atoms with Crippen LogP contribution in [-0.2, 0) is 4.74 Å². The molecule has 0 radical (unpaired) electrons. The molecular formula is C24H31FN6O4S2. The van der Waals surface area contributed by atoms with Gasteiger partial charge >= 0.3 is 0 Å². The lowest BCUT2D eigenvalue weighted by Gasteiger charge is -2.17. The highest BCUT2D eigenvalue weighted by molar-refractivity contribution is 7.99. The molecule has 6 atom stereocenters. The second-order valence-electron chi connectivity index (χ2n) is 9.31. The Labute approximate surface area is 222 Å². The largest absolute Gasteiger partial charge is 0.394 e. The Morgan fingerprint density at radius 2 is 2.05 bits per heavy atom. The molecule has 2 aliphatic rings. The lowest BCUT2D eigenvalue weighted by Crippen LogP contribution is -2.33. The minimum Gasteiger partial charge on any atom is -0.394 e. The van der Waals surface area contributed by atoms with Gasteiger partial charge in [0.05, 0.1) is 25.4 Å². The average molecular weight is 551 g/mol. The van der Waals surface area contributed by atoms with E-state index in [-0.39, 0.29) is 31.0 Å². The molecule has 13 heteroatoms. The maximum absolute atomic E-state index is 14.0. The van der Waals surface area contributed by atoms with Crippen LogP contribution in [0.1, 0.15) is 43.7 Å². The Bertz CT molecular complexity index is 1250. The van der Waals surface area contributed by atoms with E-state index < -0.39 is 24.4 Å². The topological polar surface area (TPSA) is 138 Å².